The molecule has 4 nitrogen and oxygen atoms in total. The molecule has 0 bridgehead atoms. The topological polar surface area (TPSA) is 52.6 Å². The van der Waals surface area contributed by atoms with E-state index in [0.717, 1.165) is 6.42 Å². The fourth-order valence-electron chi connectivity index (χ4n) is 3.18. The van der Waals surface area contributed by atoms with Gasteiger partial charge in [-0.15, -0.1) is 0 Å². The van der Waals surface area contributed by atoms with Gasteiger partial charge in [-0.3, -0.25) is 9.69 Å². The lowest BCUT2D eigenvalue weighted by Crippen LogP contribution is -2.48. The molecule has 2 aliphatic rings. The Bertz CT molecular complexity index is 305. The number of rotatable bonds is 6. The first kappa shape index (κ1) is 14.8. The van der Waals surface area contributed by atoms with Crippen LogP contribution in [-0.4, -0.2) is 47.7 Å². The van der Waals surface area contributed by atoms with Crippen molar-refractivity contribution in [1.82, 2.24) is 10.2 Å². The van der Waals surface area contributed by atoms with Gasteiger partial charge in [-0.05, 0) is 31.1 Å². The second-order valence-electron chi connectivity index (χ2n) is 6.37. The lowest BCUT2D eigenvalue weighted by molar-refractivity contribution is -0.124. The predicted octanol–water partition coefficient (Wildman–Crippen LogP) is 1.38. The second kappa shape index (κ2) is 6.71. The van der Waals surface area contributed by atoms with Crippen LogP contribution in [-0.2, 0) is 4.79 Å². The van der Waals surface area contributed by atoms with Gasteiger partial charge in [0.2, 0.25) is 5.91 Å². The van der Waals surface area contributed by atoms with Crippen LogP contribution in [0.25, 0.3) is 0 Å². The van der Waals surface area contributed by atoms with Crippen LogP contribution < -0.4 is 5.32 Å². The van der Waals surface area contributed by atoms with Gasteiger partial charge in [0, 0.05) is 18.6 Å². The standard InChI is InChI=1S/C15H28N2O2/c1-11-4-3-5-14(12(11)2)16-15(19)10-17(8-9-18)13-6-7-13/h11-14,18H,3-10H2,1-2H3,(H,16,19). The van der Waals surface area contributed by atoms with E-state index < -0.39 is 0 Å². The summed E-state index contributed by atoms with van der Waals surface area (Å²) in [4.78, 5) is 14.3. The number of aliphatic hydroxyl groups is 1. The van der Waals surface area contributed by atoms with Crippen molar-refractivity contribution < 1.29 is 9.90 Å². The SMILES string of the molecule is CC1CCCC(NC(=O)CN(CCO)C2CC2)C1C. The van der Waals surface area contributed by atoms with Crippen molar-refractivity contribution in [3.05, 3.63) is 0 Å². The van der Waals surface area contributed by atoms with Crippen LogP contribution in [0.2, 0.25) is 0 Å². The maximum atomic E-state index is 12.1. The van der Waals surface area contributed by atoms with E-state index in [1.165, 1.54) is 25.7 Å². The fraction of sp³-hybridized carbons (Fsp3) is 0.933. The van der Waals surface area contributed by atoms with Gasteiger partial charge < -0.3 is 10.4 Å². The smallest absolute Gasteiger partial charge is 0.234 e. The molecular weight excluding hydrogens is 240 g/mol. The Kier molecular flexibility index (Phi) is 5.22. The molecular formula is C15H28N2O2. The van der Waals surface area contributed by atoms with Gasteiger partial charge in [-0.2, -0.15) is 0 Å². The summed E-state index contributed by atoms with van der Waals surface area (Å²) in [5.74, 6) is 1.41. The Morgan fingerprint density at radius 3 is 2.63 bits per heavy atom. The average Bonchev–Trinajstić information content (AvgIpc) is 3.19. The Morgan fingerprint density at radius 2 is 2.00 bits per heavy atom. The highest BCUT2D eigenvalue weighted by atomic mass is 16.3. The van der Waals surface area contributed by atoms with E-state index in [-0.39, 0.29) is 12.5 Å². The van der Waals surface area contributed by atoms with Crippen molar-refractivity contribution >= 4 is 5.91 Å². The molecule has 0 aromatic carbocycles. The quantitative estimate of drug-likeness (QED) is 0.765. The van der Waals surface area contributed by atoms with Crippen molar-refractivity contribution in [2.45, 2.75) is 58.0 Å². The molecule has 2 fully saturated rings. The highest BCUT2D eigenvalue weighted by molar-refractivity contribution is 5.78. The number of carbonyl (C=O) groups is 1. The maximum absolute atomic E-state index is 12.1. The zero-order chi connectivity index (χ0) is 13.8. The van der Waals surface area contributed by atoms with E-state index in [4.69, 9.17) is 5.11 Å². The largest absolute Gasteiger partial charge is 0.395 e. The summed E-state index contributed by atoms with van der Waals surface area (Å²) in [6.07, 6.45) is 5.96. The van der Waals surface area contributed by atoms with Crippen molar-refractivity contribution in [3.63, 3.8) is 0 Å². The summed E-state index contributed by atoms with van der Waals surface area (Å²) >= 11 is 0. The Labute approximate surface area is 116 Å². The number of hydrogen-bond donors (Lipinski definition) is 2. The summed E-state index contributed by atoms with van der Waals surface area (Å²) in [6, 6.07) is 0.868. The number of amides is 1. The second-order valence-corrected chi connectivity index (χ2v) is 6.37. The van der Waals surface area contributed by atoms with Gasteiger partial charge in [0.25, 0.3) is 0 Å². The van der Waals surface area contributed by atoms with Crippen LogP contribution in [0.1, 0.15) is 46.0 Å². The lowest BCUT2D eigenvalue weighted by atomic mass is 9.78. The zero-order valence-electron chi connectivity index (χ0n) is 12.3. The summed E-state index contributed by atoms with van der Waals surface area (Å²) in [5, 5.41) is 12.3. The van der Waals surface area contributed by atoms with Gasteiger partial charge in [-0.25, -0.2) is 0 Å². The molecule has 0 radical (unpaired) electrons. The molecule has 2 rings (SSSR count). The van der Waals surface area contributed by atoms with Crippen LogP contribution in [0.5, 0.6) is 0 Å². The number of nitrogens with one attached hydrogen (secondary N) is 1. The van der Waals surface area contributed by atoms with E-state index in [1.54, 1.807) is 0 Å². The van der Waals surface area contributed by atoms with Gasteiger partial charge in [0.05, 0.1) is 13.2 Å². The molecule has 3 unspecified atom stereocenters. The summed E-state index contributed by atoms with van der Waals surface area (Å²) in [6.45, 7) is 5.74. The summed E-state index contributed by atoms with van der Waals surface area (Å²) in [7, 11) is 0. The fourth-order valence-corrected chi connectivity index (χ4v) is 3.18. The van der Waals surface area contributed by atoms with Crippen molar-refractivity contribution in [2.24, 2.45) is 11.8 Å². The van der Waals surface area contributed by atoms with Crippen molar-refractivity contribution in [1.29, 1.82) is 0 Å². The van der Waals surface area contributed by atoms with E-state index in [0.29, 0.717) is 37.0 Å². The third-order valence-corrected chi connectivity index (χ3v) is 4.85. The van der Waals surface area contributed by atoms with Gasteiger partial charge >= 0.3 is 0 Å². The number of carbonyl (C=O) groups excluding carboxylic acids is 1. The highest BCUT2D eigenvalue weighted by Crippen LogP contribution is 2.30. The minimum Gasteiger partial charge on any atom is -0.395 e. The van der Waals surface area contributed by atoms with Gasteiger partial charge in [0.1, 0.15) is 0 Å². The molecule has 0 saturated heterocycles. The molecule has 0 aromatic heterocycles. The van der Waals surface area contributed by atoms with Crippen LogP contribution >= 0.6 is 0 Å². The normalized spacial score (nSPS) is 31.5. The third kappa shape index (κ3) is 4.18. The van der Waals surface area contributed by atoms with E-state index >= 15 is 0 Å². The third-order valence-electron chi connectivity index (χ3n) is 4.85. The lowest BCUT2D eigenvalue weighted by Gasteiger charge is -2.35. The number of hydrogen-bond acceptors (Lipinski definition) is 3. The molecule has 0 heterocycles. The molecule has 2 aliphatic carbocycles. The van der Waals surface area contributed by atoms with Crippen molar-refractivity contribution in [2.75, 3.05) is 19.7 Å². The molecule has 0 aliphatic heterocycles. The maximum Gasteiger partial charge on any atom is 0.234 e. The van der Waals surface area contributed by atoms with E-state index in [1.807, 2.05) is 0 Å². The van der Waals surface area contributed by atoms with Crippen LogP contribution in [0.3, 0.4) is 0 Å². The molecule has 2 saturated carbocycles. The molecule has 3 atom stereocenters. The van der Waals surface area contributed by atoms with E-state index in [2.05, 4.69) is 24.1 Å². The zero-order valence-corrected chi connectivity index (χ0v) is 12.3. The molecule has 0 spiro atoms. The van der Waals surface area contributed by atoms with Crippen LogP contribution in [0.4, 0.5) is 0 Å². The first-order chi connectivity index (χ1) is 9.11. The Hall–Kier alpha value is -0.610. The van der Waals surface area contributed by atoms with Crippen LogP contribution in [0.15, 0.2) is 0 Å². The predicted molar refractivity (Wildman–Crippen MR) is 75.8 cm³/mol. The summed E-state index contributed by atoms with van der Waals surface area (Å²) in [5.41, 5.74) is 0. The summed E-state index contributed by atoms with van der Waals surface area (Å²) < 4.78 is 0. The minimum atomic E-state index is 0.131. The van der Waals surface area contributed by atoms with Gasteiger partial charge in [-0.1, -0.05) is 26.7 Å². The van der Waals surface area contributed by atoms with Gasteiger partial charge in [0.15, 0.2) is 0 Å². The van der Waals surface area contributed by atoms with E-state index in [9.17, 15) is 4.79 Å². The van der Waals surface area contributed by atoms with Crippen molar-refractivity contribution in [3.8, 4) is 0 Å². The molecule has 0 aromatic rings. The molecule has 110 valence electrons. The Balaban J connectivity index is 1.79. The Morgan fingerprint density at radius 1 is 1.26 bits per heavy atom. The monoisotopic (exact) mass is 268 g/mol. The first-order valence-electron chi connectivity index (χ1n) is 7.76. The number of nitrogens with zero attached hydrogens (tertiary/aromatic N) is 1. The molecule has 4 heteroatoms. The van der Waals surface area contributed by atoms with Crippen LogP contribution in [0, 0.1) is 11.8 Å². The molecule has 19 heavy (non-hydrogen) atoms. The number of aliphatic hydroxyl groups excluding tert-OH is 1. The molecule has 1 amide bonds. The molecule has 2 N–H and O–H groups in total. The minimum absolute atomic E-state index is 0.131. The average molecular weight is 268 g/mol. The first-order valence-corrected chi connectivity index (χ1v) is 7.76. The highest BCUT2D eigenvalue weighted by Gasteiger charge is 2.32.